The van der Waals surface area contributed by atoms with Crippen LogP contribution < -0.4 is 5.32 Å². The number of rotatable bonds is 6. The minimum atomic E-state index is -0.126. The maximum Gasteiger partial charge on any atom is 0.305 e. The van der Waals surface area contributed by atoms with E-state index in [1.165, 1.54) is 7.11 Å². The third-order valence-corrected chi connectivity index (χ3v) is 3.28. The predicted molar refractivity (Wildman–Crippen MR) is 66.9 cm³/mol. The molecule has 1 heterocycles. The average molecular weight is 243 g/mol. The van der Waals surface area contributed by atoms with E-state index < -0.39 is 0 Å². The summed E-state index contributed by atoms with van der Waals surface area (Å²) in [6.45, 7) is 6.12. The highest BCUT2D eigenvalue weighted by molar-refractivity contribution is 5.69. The summed E-state index contributed by atoms with van der Waals surface area (Å²) in [5, 5.41) is 3.50. The Kier molecular flexibility index (Phi) is 6.52. The van der Waals surface area contributed by atoms with E-state index in [4.69, 9.17) is 4.74 Å². The first kappa shape index (κ1) is 14.5. The van der Waals surface area contributed by atoms with Crippen LogP contribution in [0.5, 0.6) is 0 Å². The second-order valence-electron chi connectivity index (χ2n) is 5.01. The Morgan fingerprint density at radius 2 is 2.29 bits per heavy atom. The van der Waals surface area contributed by atoms with Gasteiger partial charge in [0.15, 0.2) is 0 Å². The third kappa shape index (κ3) is 5.50. The lowest BCUT2D eigenvalue weighted by Gasteiger charge is -2.32. The quantitative estimate of drug-likeness (QED) is 0.570. The smallest absolute Gasteiger partial charge is 0.305 e. The molecule has 100 valence electrons. The number of hydrogen-bond donors (Lipinski definition) is 1. The van der Waals surface area contributed by atoms with Crippen molar-refractivity contribution in [2.45, 2.75) is 51.7 Å². The van der Waals surface area contributed by atoms with Gasteiger partial charge in [0.05, 0.1) is 13.2 Å². The van der Waals surface area contributed by atoms with Crippen LogP contribution in [0.3, 0.4) is 0 Å². The maximum atomic E-state index is 10.9. The van der Waals surface area contributed by atoms with Crippen LogP contribution in [0.4, 0.5) is 0 Å². The summed E-state index contributed by atoms with van der Waals surface area (Å²) in [6.07, 6.45) is 3.87. The Morgan fingerprint density at radius 1 is 1.53 bits per heavy atom. The van der Waals surface area contributed by atoms with Crippen LogP contribution in [-0.2, 0) is 14.3 Å². The van der Waals surface area contributed by atoms with Gasteiger partial charge >= 0.3 is 5.97 Å². The number of carbonyl (C=O) groups is 1. The van der Waals surface area contributed by atoms with Gasteiger partial charge in [-0.3, -0.25) is 4.79 Å². The lowest BCUT2D eigenvalue weighted by molar-refractivity contribution is -0.140. The third-order valence-electron chi connectivity index (χ3n) is 3.28. The van der Waals surface area contributed by atoms with Gasteiger partial charge in [-0.2, -0.15) is 0 Å². The standard InChI is InChI=1S/C13H25NO3/c1-10(2)12-9-11(6-8-17-12)14-7-4-5-13(15)16-3/h10-12,14H,4-9H2,1-3H3. The Labute approximate surface area is 104 Å². The molecule has 0 saturated carbocycles. The number of carbonyl (C=O) groups excluding carboxylic acids is 1. The molecule has 17 heavy (non-hydrogen) atoms. The molecule has 0 aromatic carbocycles. The topological polar surface area (TPSA) is 47.6 Å². The minimum absolute atomic E-state index is 0.126. The van der Waals surface area contributed by atoms with Crippen molar-refractivity contribution < 1.29 is 14.3 Å². The van der Waals surface area contributed by atoms with Crippen molar-refractivity contribution in [3.63, 3.8) is 0 Å². The molecule has 4 nitrogen and oxygen atoms in total. The number of methoxy groups -OCH3 is 1. The second-order valence-corrected chi connectivity index (χ2v) is 5.01. The monoisotopic (exact) mass is 243 g/mol. The first-order valence-corrected chi connectivity index (χ1v) is 6.55. The molecule has 0 aliphatic carbocycles. The van der Waals surface area contributed by atoms with E-state index in [0.29, 0.717) is 24.5 Å². The predicted octanol–water partition coefficient (Wildman–Crippen LogP) is 1.73. The molecule has 1 saturated heterocycles. The van der Waals surface area contributed by atoms with Gasteiger partial charge in [0, 0.05) is 19.1 Å². The molecular formula is C13H25NO3. The molecule has 1 aliphatic rings. The molecule has 1 fully saturated rings. The fourth-order valence-corrected chi connectivity index (χ4v) is 2.12. The Bertz CT molecular complexity index is 231. The number of ether oxygens (including phenoxy) is 2. The van der Waals surface area contributed by atoms with Crippen molar-refractivity contribution in [1.29, 1.82) is 0 Å². The Morgan fingerprint density at radius 3 is 2.94 bits per heavy atom. The lowest BCUT2D eigenvalue weighted by Crippen LogP contribution is -2.41. The van der Waals surface area contributed by atoms with Gasteiger partial charge in [0.2, 0.25) is 0 Å². The van der Waals surface area contributed by atoms with E-state index in [9.17, 15) is 4.79 Å². The van der Waals surface area contributed by atoms with E-state index in [1.807, 2.05) is 0 Å². The highest BCUT2D eigenvalue weighted by Gasteiger charge is 2.24. The first-order chi connectivity index (χ1) is 8.13. The van der Waals surface area contributed by atoms with Gasteiger partial charge in [-0.05, 0) is 31.7 Å². The molecule has 1 rings (SSSR count). The van der Waals surface area contributed by atoms with E-state index in [1.54, 1.807) is 0 Å². The Hall–Kier alpha value is -0.610. The summed E-state index contributed by atoms with van der Waals surface area (Å²) in [6, 6.07) is 0.536. The van der Waals surface area contributed by atoms with Crippen molar-refractivity contribution in [3.8, 4) is 0 Å². The van der Waals surface area contributed by atoms with Crippen LogP contribution in [-0.4, -0.2) is 38.4 Å². The molecule has 0 bridgehead atoms. The molecular weight excluding hydrogens is 218 g/mol. The van der Waals surface area contributed by atoms with Crippen LogP contribution in [0.2, 0.25) is 0 Å². The molecule has 1 aliphatic heterocycles. The molecule has 0 radical (unpaired) electrons. The maximum absolute atomic E-state index is 10.9. The van der Waals surface area contributed by atoms with E-state index in [2.05, 4.69) is 23.9 Å². The van der Waals surface area contributed by atoms with Gasteiger partial charge in [0.25, 0.3) is 0 Å². The van der Waals surface area contributed by atoms with Crippen LogP contribution in [0.25, 0.3) is 0 Å². The summed E-state index contributed by atoms with van der Waals surface area (Å²) >= 11 is 0. The van der Waals surface area contributed by atoms with Crippen molar-refractivity contribution in [3.05, 3.63) is 0 Å². The van der Waals surface area contributed by atoms with Crippen molar-refractivity contribution >= 4 is 5.97 Å². The molecule has 2 unspecified atom stereocenters. The SMILES string of the molecule is COC(=O)CCCNC1CCOC(C(C)C)C1. The van der Waals surface area contributed by atoms with Gasteiger partial charge in [-0.25, -0.2) is 0 Å². The van der Waals surface area contributed by atoms with Crippen molar-refractivity contribution in [2.75, 3.05) is 20.3 Å². The highest BCUT2D eigenvalue weighted by atomic mass is 16.5. The fourth-order valence-electron chi connectivity index (χ4n) is 2.12. The van der Waals surface area contributed by atoms with Crippen LogP contribution in [0, 0.1) is 5.92 Å². The molecule has 1 N–H and O–H groups in total. The molecule has 0 amide bonds. The van der Waals surface area contributed by atoms with E-state index in [0.717, 1.165) is 32.4 Å². The highest BCUT2D eigenvalue weighted by Crippen LogP contribution is 2.20. The first-order valence-electron chi connectivity index (χ1n) is 6.55. The molecule has 0 aromatic rings. The van der Waals surface area contributed by atoms with E-state index in [-0.39, 0.29) is 5.97 Å². The fraction of sp³-hybridized carbons (Fsp3) is 0.923. The number of hydrogen-bond acceptors (Lipinski definition) is 4. The summed E-state index contributed by atoms with van der Waals surface area (Å²) in [5.74, 6) is 0.452. The summed E-state index contributed by atoms with van der Waals surface area (Å²) in [7, 11) is 1.43. The zero-order chi connectivity index (χ0) is 12.7. The average Bonchev–Trinajstić information content (AvgIpc) is 2.34. The molecule has 4 heteroatoms. The summed E-state index contributed by atoms with van der Waals surface area (Å²) < 4.78 is 10.3. The molecule has 0 aromatic heterocycles. The van der Waals surface area contributed by atoms with Crippen LogP contribution in [0.15, 0.2) is 0 Å². The summed E-state index contributed by atoms with van der Waals surface area (Å²) in [5.41, 5.74) is 0. The zero-order valence-electron chi connectivity index (χ0n) is 11.2. The van der Waals surface area contributed by atoms with Gasteiger partial charge in [0.1, 0.15) is 0 Å². The van der Waals surface area contributed by atoms with Gasteiger partial charge in [-0.15, -0.1) is 0 Å². The number of esters is 1. The van der Waals surface area contributed by atoms with Crippen molar-refractivity contribution in [2.24, 2.45) is 5.92 Å². The van der Waals surface area contributed by atoms with E-state index >= 15 is 0 Å². The van der Waals surface area contributed by atoms with Crippen LogP contribution >= 0.6 is 0 Å². The summed E-state index contributed by atoms with van der Waals surface area (Å²) in [4.78, 5) is 10.9. The largest absolute Gasteiger partial charge is 0.469 e. The van der Waals surface area contributed by atoms with Crippen LogP contribution in [0.1, 0.15) is 39.5 Å². The van der Waals surface area contributed by atoms with Gasteiger partial charge in [-0.1, -0.05) is 13.8 Å². The van der Waals surface area contributed by atoms with Crippen molar-refractivity contribution in [1.82, 2.24) is 5.32 Å². The minimum Gasteiger partial charge on any atom is -0.469 e. The number of nitrogens with one attached hydrogen (secondary N) is 1. The second kappa shape index (κ2) is 7.67. The Balaban J connectivity index is 2.12. The van der Waals surface area contributed by atoms with Gasteiger partial charge < -0.3 is 14.8 Å². The zero-order valence-corrected chi connectivity index (χ0v) is 11.2. The molecule has 0 spiro atoms. The molecule has 2 atom stereocenters. The normalized spacial score (nSPS) is 24.9. The lowest BCUT2D eigenvalue weighted by atomic mass is 9.95.